The van der Waals surface area contributed by atoms with E-state index in [2.05, 4.69) is 0 Å². The highest BCUT2D eigenvalue weighted by Gasteiger charge is 2.68. The fraction of sp³-hybridized carbons (Fsp3) is 0.438. The summed E-state index contributed by atoms with van der Waals surface area (Å²) in [5.41, 5.74) is -0.920. The molecule has 2 aromatic rings. The van der Waals surface area contributed by atoms with E-state index in [0.29, 0.717) is 17.7 Å². The normalized spacial score (nSPS) is 30.7. The van der Waals surface area contributed by atoms with Crippen LogP contribution in [0.4, 0.5) is 10.1 Å². The Morgan fingerprint density at radius 2 is 1.76 bits per heavy atom. The molecule has 0 spiro atoms. The molecular formula is C32H32ClFN2O6. The second kappa shape index (κ2) is 9.39. The second-order valence-electron chi connectivity index (χ2n) is 12.8. The van der Waals surface area contributed by atoms with Crippen molar-refractivity contribution in [1.29, 1.82) is 0 Å². The topological polar surface area (TPSA) is 104 Å². The van der Waals surface area contributed by atoms with Gasteiger partial charge in [-0.3, -0.25) is 24.1 Å². The average Bonchev–Trinajstić information content (AvgIpc) is 3.30. The van der Waals surface area contributed by atoms with Crippen molar-refractivity contribution in [3.05, 3.63) is 64.5 Å². The van der Waals surface area contributed by atoms with E-state index in [9.17, 15) is 28.7 Å². The summed E-state index contributed by atoms with van der Waals surface area (Å²) >= 11 is 6.04. The monoisotopic (exact) mass is 594 g/mol. The molecule has 4 amide bonds. The van der Waals surface area contributed by atoms with Gasteiger partial charge in [0.25, 0.3) is 0 Å². The molecule has 0 unspecified atom stereocenters. The van der Waals surface area contributed by atoms with Gasteiger partial charge >= 0.3 is 0 Å². The number of allylic oxidation sites excluding steroid dienone is 2. The first-order valence-electron chi connectivity index (χ1n) is 14.0. The van der Waals surface area contributed by atoms with Gasteiger partial charge in [-0.2, -0.15) is 0 Å². The number of phenols is 1. The number of hydrogen-bond acceptors (Lipinski definition) is 6. The lowest BCUT2D eigenvalue weighted by atomic mass is 9.51. The van der Waals surface area contributed by atoms with Crippen LogP contribution >= 0.6 is 11.6 Å². The number of hydrogen-bond donors (Lipinski definition) is 1. The van der Waals surface area contributed by atoms with Crippen LogP contribution in [-0.2, 0) is 19.2 Å². The molecule has 6 rings (SSSR count). The van der Waals surface area contributed by atoms with E-state index in [1.165, 1.54) is 30.2 Å². The number of halogens is 2. The van der Waals surface area contributed by atoms with E-state index >= 15 is 0 Å². The zero-order valence-corrected chi connectivity index (χ0v) is 24.7. The molecule has 2 saturated heterocycles. The number of methoxy groups -OCH3 is 1. The number of amides is 4. The molecule has 0 aromatic heterocycles. The standard InChI is InChI=1S/C32H32ClFN2O6/c1-31(2,3)36-27(38)17-11-10-16-18(24(17)29(36)40)14-19-28(39)35(15-9-12-21(34)20(33)13-15)30(41)32(19,4)26(16)25-22(37)7-6-8-23(25)42-5/h6-10,12-13,17-19,24,26,37H,11,14H2,1-5H3/t17-,18+,19-,24-,26+,32+/m0/s1. The minimum absolute atomic E-state index is 0.114. The predicted octanol–water partition coefficient (Wildman–Crippen LogP) is 5.22. The van der Waals surface area contributed by atoms with Crippen LogP contribution in [-0.4, -0.2) is 46.3 Å². The summed E-state index contributed by atoms with van der Waals surface area (Å²) in [5, 5.41) is 11.0. The zero-order chi connectivity index (χ0) is 30.5. The quantitative estimate of drug-likeness (QED) is 0.386. The van der Waals surface area contributed by atoms with Crippen molar-refractivity contribution in [2.45, 2.75) is 52.0 Å². The van der Waals surface area contributed by atoms with E-state index in [4.69, 9.17) is 16.3 Å². The highest BCUT2D eigenvalue weighted by Crippen LogP contribution is 2.65. The van der Waals surface area contributed by atoms with Crippen molar-refractivity contribution >= 4 is 40.9 Å². The number of ether oxygens (including phenoxy) is 1. The van der Waals surface area contributed by atoms with Crippen LogP contribution in [0.1, 0.15) is 52.0 Å². The van der Waals surface area contributed by atoms with Crippen LogP contribution in [0.3, 0.4) is 0 Å². The largest absolute Gasteiger partial charge is 0.508 e. The predicted molar refractivity (Wildman–Crippen MR) is 152 cm³/mol. The van der Waals surface area contributed by atoms with Crippen LogP contribution in [0.15, 0.2) is 48.0 Å². The van der Waals surface area contributed by atoms with Crippen LogP contribution in [0.25, 0.3) is 0 Å². The number of phenolic OH excluding ortho intramolecular Hbond substituents is 1. The molecule has 2 aromatic carbocycles. The highest BCUT2D eigenvalue weighted by atomic mass is 35.5. The SMILES string of the molecule is COc1cccc(O)c1[C@H]1C2=CC[C@@H]3C(=O)N(C(C)(C)C)C(=O)[C@@H]3[C@@H]2C[C@H]2C(=O)N(c3ccc(F)c(Cl)c3)C(=O)[C@@]12C. The molecule has 0 bridgehead atoms. The van der Waals surface area contributed by atoms with Gasteiger partial charge in [-0.25, -0.2) is 9.29 Å². The number of aromatic hydroxyl groups is 1. The molecule has 1 saturated carbocycles. The summed E-state index contributed by atoms with van der Waals surface area (Å²) in [7, 11) is 1.46. The Kier molecular flexibility index (Phi) is 6.35. The number of anilines is 1. The molecule has 2 aliphatic carbocycles. The highest BCUT2D eigenvalue weighted by molar-refractivity contribution is 6.31. The summed E-state index contributed by atoms with van der Waals surface area (Å²) in [6.45, 7) is 7.14. The maximum Gasteiger partial charge on any atom is 0.241 e. The third-order valence-electron chi connectivity index (χ3n) is 9.66. The maximum absolute atomic E-state index is 14.5. The summed E-state index contributed by atoms with van der Waals surface area (Å²) in [6.07, 6.45) is 2.36. The molecule has 42 heavy (non-hydrogen) atoms. The van der Waals surface area contributed by atoms with Gasteiger partial charge in [0.1, 0.15) is 17.3 Å². The van der Waals surface area contributed by atoms with Gasteiger partial charge in [0.2, 0.25) is 23.6 Å². The first-order chi connectivity index (χ1) is 19.7. The van der Waals surface area contributed by atoms with Crippen molar-refractivity contribution < 1.29 is 33.4 Å². The van der Waals surface area contributed by atoms with Crippen LogP contribution in [0.2, 0.25) is 5.02 Å². The zero-order valence-electron chi connectivity index (χ0n) is 24.0. The molecule has 0 radical (unpaired) electrons. The van der Waals surface area contributed by atoms with E-state index in [1.54, 1.807) is 19.1 Å². The lowest BCUT2D eigenvalue weighted by molar-refractivity contribution is -0.145. The summed E-state index contributed by atoms with van der Waals surface area (Å²) in [6, 6.07) is 8.46. The van der Waals surface area contributed by atoms with Crippen molar-refractivity contribution in [1.82, 2.24) is 4.90 Å². The fourth-order valence-corrected chi connectivity index (χ4v) is 8.03. The molecule has 10 heteroatoms. The van der Waals surface area contributed by atoms with Crippen LogP contribution in [0.5, 0.6) is 11.5 Å². The van der Waals surface area contributed by atoms with Gasteiger partial charge in [-0.1, -0.05) is 29.3 Å². The Labute approximate surface area is 248 Å². The number of likely N-dealkylation sites (tertiary alicyclic amines) is 1. The molecule has 8 nitrogen and oxygen atoms in total. The molecule has 2 aliphatic heterocycles. The van der Waals surface area contributed by atoms with Crippen molar-refractivity contribution in [2.75, 3.05) is 12.0 Å². The molecular weight excluding hydrogens is 563 g/mol. The smallest absolute Gasteiger partial charge is 0.241 e. The molecule has 6 atom stereocenters. The van der Waals surface area contributed by atoms with Crippen LogP contribution < -0.4 is 9.64 Å². The minimum atomic E-state index is -1.39. The first kappa shape index (κ1) is 28.4. The number of nitrogens with zero attached hydrogens (tertiary/aromatic N) is 2. The van der Waals surface area contributed by atoms with Crippen molar-refractivity contribution in [2.24, 2.45) is 29.1 Å². The summed E-state index contributed by atoms with van der Waals surface area (Å²) in [4.78, 5) is 58.5. The maximum atomic E-state index is 14.5. The lowest BCUT2D eigenvalue weighted by Crippen LogP contribution is -2.49. The first-order valence-corrected chi connectivity index (χ1v) is 14.4. The summed E-state index contributed by atoms with van der Waals surface area (Å²) < 4.78 is 19.7. The molecule has 1 N–H and O–H groups in total. The van der Waals surface area contributed by atoms with Gasteiger partial charge in [0.05, 0.1) is 41.0 Å². The third kappa shape index (κ3) is 3.71. The van der Waals surface area contributed by atoms with Gasteiger partial charge < -0.3 is 9.84 Å². The van der Waals surface area contributed by atoms with Gasteiger partial charge in [0.15, 0.2) is 0 Å². The summed E-state index contributed by atoms with van der Waals surface area (Å²) in [5.74, 6) is -5.61. The van der Waals surface area contributed by atoms with E-state index in [1.807, 2.05) is 26.8 Å². The molecule has 2 heterocycles. The Morgan fingerprint density at radius 1 is 1.05 bits per heavy atom. The van der Waals surface area contributed by atoms with E-state index < -0.39 is 58.2 Å². The molecule has 220 valence electrons. The number of fused-ring (bicyclic) bond motifs is 4. The number of imide groups is 2. The minimum Gasteiger partial charge on any atom is -0.508 e. The Hall–Kier alpha value is -3.72. The number of carbonyl (C=O) groups is 4. The van der Waals surface area contributed by atoms with Crippen molar-refractivity contribution in [3.8, 4) is 11.5 Å². The molecule has 3 fully saturated rings. The van der Waals surface area contributed by atoms with Gasteiger partial charge in [-0.05, 0) is 76.8 Å². The number of rotatable bonds is 3. The average molecular weight is 595 g/mol. The number of carbonyl (C=O) groups excluding carboxylic acids is 4. The molecule has 4 aliphatic rings. The van der Waals surface area contributed by atoms with Gasteiger partial charge in [0, 0.05) is 17.0 Å². The Morgan fingerprint density at radius 3 is 2.40 bits per heavy atom. The second-order valence-corrected chi connectivity index (χ2v) is 13.2. The third-order valence-corrected chi connectivity index (χ3v) is 9.95. The lowest BCUT2D eigenvalue weighted by Gasteiger charge is -2.49. The van der Waals surface area contributed by atoms with Gasteiger partial charge in [-0.15, -0.1) is 0 Å². The fourth-order valence-electron chi connectivity index (χ4n) is 7.86. The Balaban J connectivity index is 1.56. The number of benzene rings is 2. The van der Waals surface area contributed by atoms with Crippen LogP contribution in [0, 0.1) is 34.9 Å². The van der Waals surface area contributed by atoms with E-state index in [-0.39, 0.29) is 34.7 Å². The Bertz CT molecular complexity index is 1600. The van der Waals surface area contributed by atoms with E-state index in [0.717, 1.165) is 16.5 Å². The van der Waals surface area contributed by atoms with Crippen molar-refractivity contribution in [3.63, 3.8) is 0 Å².